The molecule has 0 aliphatic heterocycles. The van der Waals surface area contributed by atoms with E-state index in [-0.39, 0.29) is 22.6 Å². The Morgan fingerprint density at radius 2 is 1.91 bits per heavy atom. The lowest BCUT2D eigenvalue weighted by Crippen LogP contribution is -1.95. The maximum Gasteiger partial charge on any atom is 0.339 e. The minimum atomic E-state index is -1.31. The predicted octanol–water partition coefficient (Wildman–Crippen LogP) is 3.72. The Kier molecular flexibility index (Phi) is 4.12. The Balaban J connectivity index is 2.39. The molecule has 0 radical (unpaired) electrons. The van der Waals surface area contributed by atoms with Crippen molar-refractivity contribution < 1.29 is 19.9 Å². The van der Waals surface area contributed by atoms with Crippen LogP contribution in [0.25, 0.3) is 0 Å². The van der Waals surface area contributed by atoms with Crippen molar-refractivity contribution in [2.75, 3.05) is 0 Å². The van der Waals surface area contributed by atoms with Gasteiger partial charge in [-0.15, -0.1) is 5.11 Å². The number of nitro benzene ring substituents is 1. The lowest BCUT2D eigenvalue weighted by molar-refractivity contribution is -0.384. The average Bonchev–Trinajstić information content (AvgIpc) is 2.46. The van der Waals surface area contributed by atoms with E-state index in [4.69, 9.17) is 5.11 Å². The molecule has 0 atom stereocenters. The number of rotatable bonds is 4. The molecule has 0 bridgehead atoms. The van der Waals surface area contributed by atoms with Crippen molar-refractivity contribution in [3.05, 3.63) is 57.6 Å². The first-order valence-corrected chi connectivity index (χ1v) is 6.11. The van der Waals surface area contributed by atoms with Crippen molar-refractivity contribution in [3.8, 4) is 5.75 Å². The predicted molar refractivity (Wildman–Crippen MR) is 77.1 cm³/mol. The molecule has 0 heterocycles. The van der Waals surface area contributed by atoms with Crippen molar-refractivity contribution >= 4 is 23.0 Å². The third-order valence-electron chi connectivity index (χ3n) is 2.81. The molecule has 0 fully saturated rings. The standard InChI is InChI=1S/C14H11N3O5/c1-8-2-4-11(12(6-8)17(21)22)16-15-9-3-5-13(18)10(7-9)14(19)20/h2-7,18H,1H3,(H,19,20). The molecular formula is C14H11N3O5. The maximum absolute atomic E-state index is 11.0. The molecule has 2 rings (SSSR count). The van der Waals surface area contributed by atoms with Crippen LogP contribution in [0, 0.1) is 17.0 Å². The molecule has 2 aromatic carbocycles. The van der Waals surface area contributed by atoms with Gasteiger partial charge in [-0.3, -0.25) is 10.1 Å². The van der Waals surface area contributed by atoms with Crippen molar-refractivity contribution in [2.24, 2.45) is 10.2 Å². The summed E-state index contributed by atoms with van der Waals surface area (Å²) in [4.78, 5) is 21.3. The SMILES string of the molecule is Cc1ccc(N=Nc2ccc(O)c(C(=O)O)c2)c([N+](=O)[O-])c1. The molecule has 2 N–H and O–H groups in total. The largest absolute Gasteiger partial charge is 0.507 e. The van der Waals surface area contributed by atoms with Crippen molar-refractivity contribution in [2.45, 2.75) is 6.92 Å². The van der Waals surface area contributed by atoms with Gasteiger partial charge in [-0.1, -0.05) is 6.07 Å². The van der Waals surface area contributed by atoms with Crippen LogP contribution >= 0.6 is 0 Å². The second-order valence-corrected chi connectivity index (χ2v) is 4.46. The fourth-order valence-electron chi connectivity index (χ4n) is 1.73. The highest BCUT2D eigenvalue weighted by Crippen LogP contribution is 2.30. The average molecular weight is 301 g/mol. The van der Waals surface area contributed by atoms with Gasteiger partial charge in [-0.2, -0.15) is 5.11 Å². The van der Waals surface area contributed by atoms with Crippen molar-refractivity contribution in [1.29, 1.82) is 0 Å². The summed E-state index contributed by atoms with van der Waals surface area (Å²) in [6.07, 6.45) is 0. The maximum atomic E-state index is 11.0. The number of hydrogen-bond donors (Lipinski definition) is 2. The zero-order chi connectivity index (χ0) is 16.3. The lowest BCUT2D eigenvalue weighted by Gasteiger charge is -2.00. The van der Waals surface area contributed by atoms with E-state index in [9.17, 15) is 20.0 Å². The van der Waals surface area contributed by atoms with E-state index in [1.54, 1.807) is 13.0 Å². The molecule has 112 valence electrons. The lowest BCUT2D eigenvalue weighted by atomic mass is 10.2. The quantitative estimate of drug-likeness (QED) is 0.505. The third-order valence-corrected chi connectivity index (χ3v) is 2.81. The zero-order valence-corrected chi connectivity index (χ0v) is 11.4. The Morgan fingerprint density at radius 1 is 1.18 bits per heavy atom. The van der Waals surface area contributed by atoms with Gasteiger partial charge in [0, 0.05) is 6.07 Å². The third kappa shape index (κ3) is 3.23. The minimum Gasteiger partial charge on any atom is -0.507 e. The van der Waals surface area contributed by atoms with Gasteiger partial charge in [0.05, 0.1) is 10.6 Å². The van der Waals surface area contributed by atoms with E-state index in [0.29, 0.717) is 5.56 Å². The smallest absolute Gasteiger partial charge is 0.339 e. The van der Waals surface area contributed by atoms with Gasteiger partial charge in [-0.25, -0.2) is 4.79 Å². The molecule has 0 saturated heterocycles. The summed E-state index contributed by atoms with van der Waals surface area (Å²) in [5.41, 5.74) is 0.407. The molecule has 0 saturated carbocycles. The van der Waals surface area contributed by atoms with Crippen LogP contribution in [-0.2, 0) is 0 Å². The highest BCUT2D eigenvalue weighted by molar-refractivity contribution is 5.91. The fraction of sp³-hybridized carbons (Fsp3) is 0.0714. The summed E-state index contributed by atoms with van der Waals surface area (Å²) in [5.74, 6) is -1.70. The van der Waals surface area contributed by atoms with E-state index in [0.717, 1.165) is 6.07 Å². The first kappa shape index (κ1) is 15.1. The van der Waals surface area contributed by atoms with Crippen LogP contribution in [0.3, 0.4) is 0 Å². The number of carboxylic acids is 1. The molecule has 0 amide bonds. The molecule has 0 aliphatic carbocycles. The topological polar surface area (TPSA) is 125 Å². The van der Waals surface area contributed by atoms with E-state index in [2.05, 4.69) is 10.2 Å². The summed E-state index contributed by atoms with van der Waals surface area (Å²) in [5, 5.41) is 36.8. The number of nitrogens with zero attached hydrogens (tertiary/aromatic N) is 3. The number of azo groups is 1. The Bertz CT molecular complexity index is 786. The van der Waals surface area contributed by atoms with E-state index in [1.807, 2.05) is 0 Å². The number of aromatic hydroxyl groups is 1. The molecule has 0 unspecified atom stereocenters. The Morgan fingerprint density at radius 3 is 2.55 bits per heavy atom. The number of carbonyl (C=O) groups is 1. The Labute approximate surface area is 124 Å². The summed E-state index contributed by atoms with van der Waals surface area (Å²) in [6, 6.07) is 8.12. The van der Waals surface area contributed by atoms with E-state index >= 15 is 0 Å². The molecule has 0 spiro atoms. The second-order valence-electron chi connectivity index (χ2n) is 4.46. The van der Waals surface area contributed by atoms with Crippen molar-refractivity contribution in [1.82, 2.24) is 0 Å². The van der Waals surface area contributed by atoms with Crippen molar-refractivity contribution in [3.63, 3.8) is 0 Å². The zero-order valence-electron chi connectivity index (χ0n) is 11.4. The summed E-state index contributed by atoms with van der Waals surface area (Å²) < 4.78 is 0. The molecule has 0 aromatic heterocycles. The molecule has 22 heavy (non-hydrogen) atoms. The summed E-state index contributed by atoms with van der Waals surface area (Å²) in [6.45, 7) is 1.72. The van der Waals surface area contributed by atoms with Gasteiger partial charge in [0.15, 0.2) is 5.69 Å². The van der Waals surface area contributed by atoms with Gasteiger partial charge in [0.2, 0.25) is 0 Å². The number of aryl methyl sites for hydroxylation is 1. The minimum absolute atomic E-state index is 0.0561. The highest BCUT2D eigenvalue weighted by atomic mass is 16.6. The fourth-order valence-corrected chi connectivity index (χ4v) is 1.73. The van der Waals surface area contributed by atoms with Gasteiger partial charge >= 0.3 is 5.97 Å². The monoisotopic (exact) mass is 301 g/mol. The van der Waals surface area contributed by atoms with E-state index < -0.39 is 16.6 Å². The second kappa shape index (κ2) is 6.00. The van der Waals surface area contributed by atoms with Crippen LogP contribution in [0.4, 0.5) is 17.1 Å². The van der Waals surface area contributed by atoms with Gasteiger partial charge in [0.25, 0.3) is 5.69 Å². The number of hydrogen-bond acceptors (Lipinski definition) is 6. The van der Waals surface area contributed by atoms with Gasteiger partial charge < -0.3 is 10.2 Å². The highest BCUT2D eigenvalue weighted by Gasteiger charge is 2.14. The molecule has 8 heteroatoms. The number of aromatic carboxylic acids is 1. The van der Waals surface area contributed by atoms with Crippen LogP contribution < -0.4 is 0 Å². The molecule has 0 aliphatic rings. The van der Waals surface area contributed by atoms with Crippen LogP contribution in [-0.4, -0.2) is 21.1 Å². The van der Waals surface area contributed by atoms with Crippen LogP contribution in [0.15, 0.2) is 46.6 Å². The number of nitro groups is 1. The summed E-state index contributed by atoms with van der Waals surface area (Å²) >= 11 is 0. The van der Waals surface area contributed by atoms with Crippen LogP contribution in [0.2, 0.25) is 0 Å². The molecular weight excluding hydrogens is 290 g/mol. The number of carboxylic acid groups (broad SMARTS) is 1. The van der Waals surface area contributed by atoms with Crippen LogP contribution in [0.1, 0.15) is 15.9 Å². The van der Waals surface area contributed by atoms with Gasteiger partial charge in [0.1, 0.15) is 11.3 Å². The number of benzene rings is 2. The first-order valence-electron chi connectivity index (χ1n) is 6.11. The molecule has 2 aromatic rings. The first-order chi connectivity index (χ1) is 10.4. The summed E-state index contributed by atoms with van der Waals surface area (Å²) in [7, 11) is 0. The number of phenols is 1. The van der Waals surface area contributed by atoms with Crippen LogP contribution in [0.5, 0.6) is 5.75 Å². The van der Waals surface area contributed by atoms with E-state index in [1.165, 1.54) is 24.3 Å². The normalized spacial score (nSPS) is 10.8. The molecule has 8 nitrogen and oxygen atoms in total. The Hall–Kier alpha value is -3.29. The van der Waals surface area contributed by atoms with Gasteiger partial charge in [-0.05, 0) is 36.8 Å².